The number of carbonyl (C=O) groups is 2. The summed E-state index contributed by atoms with van der Waals surface area (Å²) >= 11 is 1.46. The molecule has 5 heteroatoms. The molecule has 0 aromatic heterocycles. The highest BCUT2D eigenvalue weighted by Crippen LogP contribution is 2.27. The maximum absolute atomic E-state index is 12.1. The van der Waals surface area contributed by atoms with Crippen LogP contribution < -0.4 is 5.32 Å². The molecule has 3 rings (SSSR count). The Bertz CT molecular complexity index is 791. The largest absolute Gasteiger partial charge is 0.452 e. The Hall–Kier alpha value is -2.27. The number of amides is 1. The lowest BCUT2D eigenvalue weighted by Crippen LogP contribution is -2.37. The van der Waals surface area contributed by atoms with Crippen LogP contribution in [0.4, 0.5) is 0 Å². The molecule has 27 heavy (non-hydrogen) atoms. The summed E-state index contributed by atoms with van der Waals surface area (Å²) in [6.45, 7) is 2.13. The van der Waals surface area contributed by atoms with Crippen molar-refractivity contribution in [1.29, 1.82) is 0 Å². The maximum Gasteiger partial charge on any atom is 0.317 e. The number of thioether (sulfide) groups is 1. The van der Waals surface area contributed by atoms with E-state index in [2.05, 4.69) is 23.5 Å². The van der Waals surface area contributed by atoms with Crippen molar-refractivity contribution in [3.05, 3.63) is 65.2 Å². The van der Waals surface area contributed by atoms with E-state index in [4.69, 9.17) is 4.74 Å². The van der Waals surface area contributed by atoms with Crippen LogP contribution in [0.5, 0.6) is 0 Å². The Labute approximate surface area is 164 Å². The lowest BCUT2D eigenvalue weighted by atomic mass is 10.1. The molecule has 0 saturated carbocycles. The summed E-state index contributed by atoms with van der Waals surface area (Å²) in [7, 11) is 0. The van der Waals surface area contributed by atoms with Gasteiger partial charge in [0.05, 0.1) is 5.75 Å². The van der Waals surface area contributed by atoms with Gasteiger partial charge in [-0.25, -0.2) is 0 Å². The van der Waals surface area contributed by atoms with Crippen LogP contribution in [-0.2, 0) is 33.6 Å². The van der Waals surface area contributed by atoms with E-state index in [1.807, 2.05) is 30.3 Å². The van der Waals surface area contributed by atoms with Gasteiger partial charge in [-0.2, -0.15) is 0 Å². The molecule has 4 nitrogen and oxygen atoms in total. The molecule has 0 fully saturated rings. The average molecular weight is 384 g/mol. The molecular formula is C22H25NO3S. The number of rotatable bonds is 8. The van der Waals surface area contributed by atoms with Crippen LogP contribution in [0.3, 0.4) is 0 Å². The number of carbonyl (C=O) groups excluding carboxylic acids is 2. The van der Waals surface area contributed by atoms with Gasteiger partial charge in [0.25, 0.3) is 5.91 Å². The van der Waals surface area contributed by atoms with Crippen molar-refractivity contribution >= 4 is 23.6 Å². The molecule has 2 aromatic carbocycles. The first kappa shape index (κ1) is 19.5. The van der Waals surface area contributed by atoms with Gasteiger partial charge >= 0.3 is 5.97 Å². The van der Waals surface area contributed by atoms with Gasteiger partial charge in [0.1, 0.15) is 0 Å². The molecule has 0 aliphatic heterocycles. The van der Waals surface area contributed by atoms with Crippen molar-refractivity contribution in [3.63, 3.8) is 0 Å². The van der Waals surface area contributed by atoms with Gasteiger partial charge in [0.15, 0.2) is 6.10 Å². The van der Waals surface area contributed by atoms with Crippen LogP contribution in [0.2, 0.25) is 0 Å². The van der Waals surface area contributed by atoms with E-state index in [0.717, 1.165) is 29.7 Å². The second-order valence-electron chi connectivity index (χ2n) is 6.73. The maximum atomic E-state index is 12.1. The fourth-order valence-electron chi connectivity index (χ4n) is 3.18. The van der Waals surface area contributed by atoms with Crippen molar-refractivity contribution in [3.8, 4) is 0 Å². The predicted octanol–water partition coefficient (Wildman–Crippen LogP) is 3.56. The SMILES string of the molecule is C[C@H](OC(=O)CSc1ccc2c(c1)CCC2)C(=O)NCCc1ccccc1. The monoisotopic (exact) mass is 383 g/mol. The third kappa shape index (κ3) is 5.86. The Morgan fingerprint density at radius 3 is 2.70 bits per heavy atom. The number of esters is 1. The van der Waals surface area contributed by atoms with Crippen LogP contribution in [0.15, 0.2) is 53.4 Å². The molecule has 2 aromatic rings. The normalized spacial score (nSPS) is 13.7. The van der Waals surface area contributed by atoms with E-state index in [1.54, 1.807) is 6.92 Å². The first-order valence-corrected chi connectivity index (χ1v) is 10.4. The van der Waals surface area contributed by atoms with Gasteiger partial charge in [-0.3, -0.25) is 9.59 Å². The minimum absolute atomic E-state index is 0.209. The molecule has 142 valence electrons. The van der Waals surface area contributed by atoms with Crippen molar-refractivity contribution in [2.75, 3.05) is 12.3 Å². The van der Waals surface area contributed by atoms with E-state index in [-0.39, 0.29) is 17.6 Å². The Morgan fingerprint density at radius 2 is 1.89 bits per heavy atom. The molecule has 0 saturated heterocycles. The van der Waals surface area contributed by atoms with E-state index in [9.17, 15) is 9.59 Å². The van der Waals surface area contributed by atoms with Gasteiger partial charge in [-0.15, -0.1) is 11.8 Å². The molecule has 1 aliphatic rings. The van der Waals surface area contributed by atoms with Gasteiger partial charge < -0.3 is 10.1 Å². The second kappa shape index (κ2) is 9.60. The van der Waals surface area contributed by atoms with E-state index in [1.165, 1.54) is 29.3 Å². The number of fused-ring (bicyclic) bond motifs is 1. The summed E-state index contributed by atoms with van der Waals surface area (Å²) in [5, 5.41) is 2.82. The molecule has 0 bridgehead atoms. The molecule has 0 radical (unpaired) electrons. The van der Waals surface area contributed by atoms with Crippen molar-refractivity contribution in [1.82, 2.24) is 5.32 Å². The second-order valence-corrected chi connectivity index (χ2v) is 7.78. The van der Waals surface area contributed by atoms with E-state index in [0.29, 0.717) is 6.54 Å². The van der Waals surface area contributed by atoms with Gasteiger partial charge in [0, 0.05) is 11.4 Å². The summed E-state index contributed by atoms with van der Waals surface area (Å²) in [6.07, 6.45) is 3.45. The number of nitrogens with one attached hydrogen (secondary N) is 1. The molecule has 0 heterocycles. The molecule has 0 spiro atoms. The zero-order valence-electron chi connectivity index (χ0n) is 15.6. The molecule has 1 aliphatic carbocycles. The smallest absolute Gasteiger partial charge is 0.317 e. The van der Waals surface area contributed by atoms with Crippen molar-refractivity contribution in [2.45, 2.75) is 43.6 Å². The van der Waals surface area contributed by atoms with Crippen LogP contribution >= 0.6 is 11.8 Å². The quantitative estimate of drug-likeness (QED) is 0.559. The lowest BCUT2D eigenvalue weighted by molar-refractivity contribution is -0.152. The summed E-state index contributed by atoms with van der Waals surface area (Å²) in [5.41, 5.74) is 3.97. The molecular weight excluding hydrogens is 358 g/mol. The minimum atomic E-state index is -0.783. The zero-order chi connectivity index (χ0) is 19.1. The van der Waals surface area contributed by atoms with Crippen LogP contribution in [0.1, 0.15) is 30.0 Å². The molecule has 1 N–H and O–H groups in total. The highest BCUT2D eigenvalue weighted by Gasteiger charge is 2.18. The Morgan fingerprint density at radius 1 is 1.11 bits per heavy atom. The van der Waals surface area contributed by atoms with Crippen LogP contribution in [0, 0.1) is 0 Å². The minimum Gasteiger partial charge on any atom is -0.452 e. The summed E-state index contributed by atoms with van der Waals surface area (Å²) in [6, 6.07) is 16.3. The number of benzene rings is 2. The average Bonchev–Trinajstić information content (AvgIpc) is 3.15. The zero-order valence-corrected chi connectivity index (χ0v) is 16.4. The number of aryl methyl sites for hydroxylation is 2. The fraction of sp³-hybridized carbons (Fsp3) is 0.364. The van der Waals surface area contributed by atoms with Gasteiger partial charge in [0.2, 0.25) is 0 Å². The third-order valence-electron chi connectivity index (χ3n) is 4.66. The molecule has 1 atom stereocenters. The molecule has 1 amide bonds. The standard InChI is InChI=1S/C22H25NO3S/c1-16(22(25)23-13-12-17-6-3-2-4-7-17)26-21(24)15-27-20-11-10-18-8-5-9-19(18)14-20/h2-4,6-7,10-11,14,16H,5,8-9,12-13,15H2,1H3,(H,23,25)/t16-/m0/s1. The van der Waals surface area contributed by atoms with E-state index >= 15 is 0 Å². The van der Waals surface area contributed by atoms with Gasteiger partial charge in [-0.1, -0.05) is 36.4 Å². The Kier molecular flexibility index (Phi) is 6.93. The highest BCUT2D eigenvalue weighted by molar-refractivity contribution is 8.00. The number of hydrogen-bond donors (Lipinski definition) is 1. The summed E-state index contributed by atoms with van der Waals surface area (Å²) in [4.78, 5) is 25.2. The topological polar surface area (TPSA) is 55.4 Å². The summed E-state index contributed by atoms with van der Waals surface area (Å²) in [5.74, 6) is -0.423. The Balaban J connectivity index is 1.37. The van der Waals surface area contributed by atoms with Crippen LogP contribution in [0.25, 0.3) is 0 Å². The van der Waals surface area contributed by atoms with Crippen LogP contribution in [-0.4, -0.2) is 30.3 Å². The first-order chi connectivity index (χ1) is 13.1. The number of hydrogen-bond acceptors (Lipinski definition) is 4. The predicted molar refractivity (Wildman–Crippen MR) is 108 cm³/mol. The summed E-state index contributed by atoms with van der Waals surface area (Å²) < 4.78 is 5.26. The molecule has 0 unspecified atom stereocenters. The fourth-order valence-corrected chi connectivity index (χ4v) is 3.93. The van der Waals surface area contributed by atoms with Crippen molar-refractivity contribution in [2.24, 2.45) is 0 Å². The lowest BCUT2D eigenvalue weighted by Gasteiger charge is -2.13. The first-order valence-electron chi connectivity index (χ1n) is 9.37. The third-order valence-corrected chi connectivity index (χ3v) is 5.63. The number of ether oxygens (including phenoxy) is 1. The van der Waals surface area contributed by atoms with Crippen molar-refractivity contribution < 1.29 is 14.3 Å². The highest BCUT2D eigenvalue weighted by atomic mass is 32.2. The van der Waals surface area contributed by atoms with Gasteiger partial charge in [-0.05, 0) is 61.4 Å². The van der Waals surface area contributed by atoms with E-state index < -0.39 is 6.10 Å².